The van der Waals surface area contributed by atoms with E-state index in [0.29, 0.717) is 36.1 Å². The van der Waals surface area contributed by atoms with Crippen LogP contribution in [0.25, 0.3) is 0 Å². The third-order valence-electron chi connectivity index (χ3n) is 5.53. The summed E-state index contributed by atoms with van der Waals surface area (Å²) >= 11 is 0. The minimum absolute atomic E-state index is 0.0779. The molecule has 214 valence electrons. The molecule has 0 bridgehead atoms. The zero-order chi connectivity index (χ0) is 30.2. The number of aryl methyl sites for hydroxylation is 2. The van der Waals surface area contributed by atoms with Crippen molar-refractivity contribution in [3.8, 4) is 5.75 Å². The third-order valence-corrected chi connectivity index (χ3v) is 5.53. The molecule has 2 aromatic carbocycles. The zero-order valence-electron chi connectivity index (χ0n) is 20.6. The summed E-state index contributed by atoms with van der Waals surface area (Å²) in [5.41, 5.74) is 7.82. The first-order chi connectivity index (χ1) is 18.6. The van der Waals surface area contributed by atoms with E-state index in [9.17, 15) is 32.3 Å². The maximum absolute atomic E-state index is 12.8. The lowest BCUT2D eigenvalue weighted by molar-refractivity contribution is -0.192. The largest absolute Gasteiger partial charge is 0.490 e. The summed E-state index contributed by atoms with van der Waals surface area (Å²) in [4.78, 5) is 56.3. The average Bonchev–Trinajstić information content (AvgIpc) is 2.85. The van der Waals surface area contributed by atoms with E-state index in [-0.39, 0.29) is 17.0 Å². The number of benzene rings is 2. The van der Waals surface area contributed by atoms with Crippen molar-refractivity contribution in [1.82, 2.24) is 5.32 Å². The quantitative estimate of drug-likeness (QED) is 0.130. The number of carbonyl (C=O) groups excluding carboxylic acids is 2. The molecular weight excluding hydrogens is 543 g/mol. The number of carboxylic acids is 3. The fraction of sp³-hybridized carbons (Fsp3) is 0.280. The molecule has 0 aromatic heterocycles. The van der Waals surface area contributed by atoms with Gasteiger partial charge >= 0.3 is 30.1 Å². The number of carboxylic acid groups (broad SMARTS) is 3. The molecule has 0 saturated carbocycles. The van der Waals surface area contributed by atoms with Gasteiger partial charge in [0.25, 0.3) is 5.91 Å². The van der Waals surface area contributed by atoms with Crippen molar-refractivity contribution in [2.24, 2.45) is 5.73 Å². The molecule has 1 unspecified atom stereocenters. The number of amidine groups is 1. The second-order valence-corrected chi connectivity index (χ2v) is 8.47. The van der Waals surface area contributed by atoms with Gasteiger partial charge in [0.15, 0.2) is 0 Å². The van der Waals surface area contributed by atoms with Gasteiger partial charge in [0.05, 0.1) is 12.0 Å². The predicted molar refractivity (Wildman–Crippen MR) is 130 cm³/mol. The van der Waals surface area contributed by atoms with Gasteiger partial charge in [0.1, 0.15) is 17.6 Å². The number of aliphatic carboxylic acids is 3. The van der Waals surface area contributed by atoms with Crippen LogP contribution in [0.15, 0.2) is 36.4 Å². The first kappa shape index (κ1) is 31.3. The number of fused-ring (bicyclic) bond motifs is 2. The minimum Gasteiger partial charge on any atom is -0.481 e. The molecule has 0 spiro atoms. The van der Waals surface area contributed by atoms with Gasteiger partial charge in [-0.1, -0.05) is 0 Å². The molecule has 0 aliphatic carbocycles. The van der Waals surface area contributed by atoms with Gasteiger partial charge in [-0.2, -0.15) is 13.2 Å². The number of hydrogen-bond acceptors (Lipinski definition) is 7. The third kappa shape index (κ3) is 8.82. The van der Waals surface area contributed by atoms with E-state index in [1.54, 1.807) is 18.2 Å². The fourth-order valence-electron chi connectivity index (χ4n) is 3.58. The number of nitrogens with one attached hydrogen (secondary N) is 2. The predicted octanol–water partition coefficient (Wildman–Crippen LogP) is 2.36. The van der Waals surface area contributed by atoms with Crippen LogP contribution in [0.5, 0.6) is 5.75 Å². The lowest BCUT2D eigenvalue weighted by Crippen LogP contribution is -2.42. The van der Waals surface area contributed by atoms with Gasteiger partial charge in [-0.25, -0.2) is 14.4 Å². The minimum atomic E-state index is -5.08. The second-order valence-electron chi connectivity index (χ2n) is 8.47. The molecule has 0 fully saturated rings. The molecule has 12 nitrogen and oxygen atoms in total. The summed E-state index contributed by atoms with van der Waals surface area (Å²) < 4.78 is 37.3. The molecule has 1 aliphatic heterocycles. The van der Waals surface area contributed by atoms with Gasteiger partial charge in [0.2, 0.25) is 0 Å². The molecule has 0 saturated heterocycles. The molecule has 7 N–H and O–H groups in total. The zero-order valence-corrected chi connectivity index (χ0v) is 20.6. The molecule has 40 heavy (non-hydrogen) atoms. The van der Waals surface area contributed by atoms with Crippen molar-refractivity contribution in [3.63, 3.8) is 0 Å². The highest BCUT2D eigenvalue weighted by atomic mass is 19.4. The van der Waals surface area contributed by atoms with Gasteiger partial charge in [-0.3, -0.25) is 15.0 Å². The van der Waals surface area contributed by atoms with Crippen molar-refractivity contribution in [1.29, 1.82) is 5.41 Å². The Morgan fingerprint density at radius 1 is 0.975 bits per heavy atom. The monoisotopic (exact) mass is 567 g/mol. The Hall–Kier alpha value is -4.95. The van der Waals surface area contributed by atoms with Gasteiger partial charge in [-0.05, 0) is 73.2 Å². The summed E-state index contributed by atoms with van der Waals surface area (Å²) in [5.74, 6) is -6.63. The van der Waals surface area contributed by atoms with E-state index >= 15 is 0 Å². The number of halogens is 3. The summed E-state index contributed by atoms with van der Waals surface area (Å²) in [5, 5.41) is 34.9. The van der Waals surface area contributed by atoms with Crippen LogP contribution in [-0.2, 0) is 27.2 Å². The molecule has 1 aliphatic rings. The number of ether oxygens (including phenoxy) is 1. The number of nitrogens with two attached hydrogens (primary N) is 1. The normalized spacial score (nSPS) is 13.6. The Morgan fingerprint density at radius 3 is 2.05 bits per heavy atom. The van der Waals surface area contributed by atoms with Crippen LogP contribution in [0.1, 0.15) is 56.7 Å². The van der Waals surface area contributed by atoms with E-state index in [0.717, 1.165) is 12.0 Å². The average molecular weight is 567 g/mol. The van der Waals surface area contributed by atoms with E-state index in [4.69, 9.17) is 36.0 Å². The number of carbonyl (C=O) groups is 5. The number of hydrogen-bond donors (Lipinski definition) is 6. The smallest absolute Gasteiger partial charge is 0.481 e. The second kappa shape index (κ2) is 13.2. The van der Waals surface area contributed by atoms with Crippen molar-refractivity contribution in [2.75, 3.05) is 0 Å². The molecule has 2 aromatic rings. The molecule has 1 amide bonds. The van der Waals surface area contributed by atoms with E-state index in [1.807, 2.05) is 0 Å². The Labute approximate surface area is 224 Å². The number of esters is 1. The fourth-order valence-corrected chi connectivity index (χ4v) is 3.58. The van der Waals surface area contributed by atoms with Crippen LogP contribution in [0.3, 0.4) is 0 Å². The Kier molecular flexibility index (Phi) is 10.3. The van der Waals surface area contributed by atoms with Crippen LogP contribution in [0, 0.1) is 5.41 Å². The Morgan fingerprint density at radius 2 is 1.52 bits per heavy atom. The van der Waals surface area contributed by atoms with Crippen LogP contribution in [0.2, 0.25) is 0 Å². The molecule has 15 heteroatoms. The highest BCUT2D eigenvalue weighted by Gasteiger charge is 2.38. The van der Waals surface area contributed by atoms with Crippen molar-refractivity contribution in [2.45, 2.75) is 44.3 Å². The van der Waals surface area contributed by atoms with Crippen LogP contribution >= 0.6 is 0 Å². The maximum Gasteiger partial charge on any atom is 0.490 e. The van der Waals surface area contributed by atoms with Crippen LogP contribution in [0.4, 0.5) is 13.2 Å². The molecule has 1 atom stereocenters. The molecule has 0 radical (unpaired) electrons. The highest BCUT2D eigenvalue weighted by molar-refractivity contribution is 6.00. The lowest BCUT2D eigenvalue weighted by Gasteiger charge is -2.17. The summed E-state index contributed by atoms with van der Waals surface area (Å²) in [6.07, 6.45) is -3.31. The van der Waals surface area contributed by atoms with Crippen molar-refractivity contribution < 1.29 is 57.2 Å². The number of nitrogen functional groups attached to an aromatic ring is 1. The molecule has 3 rings (SSSR count). The first-order valence-corrected chi connectivity index (χ1v) is 11.5. The summed E-state index contributed by atoms with van der Waals surface area (Å²) in [7, 11) is 0. The van der Waals surface area contributed by atoms with E-state index in [2.05, 4.69) is 5.32 Å². The standard InChI is InChI=1S/C23H23N3O7.C2HF3O2/c24-20(25)14-6-8-18-13(10-14)4-2-1-3-12-9-15(5-7-16(12)23(32)33-18)21(29)26-17(22(30)31)11-19(27)28;3-2(4,5)1(6)7/h5-10,17H,1-4,11H2,(H3,24,25)(H,26,29)(H,27,28)(H,30,31);(H,6,7). The first-order valence-electron chi connectivity index (χ1n) is 11.5. The topological polar surface area (TPSA) is 217 Å². The highest BCUT2D eigenvalue weighted by Crippen LogP contribution is 2.27. The van der Waals surface area contributed by atoms with E-state index in [1.165, 1.54) is 18.2 Å². The lowest BCUT2D eigenvalue weighted by atomic mass is 9.95. The van der Waals surface area contributed by atoms with Crippen molar-refractivity contribution in [3.05, 3.63) is 64.2 Å². The molecule has 1 heterocycles. The SMILES string of the molecule is N=C(N)c1ccc2c(c1)CCCCc1cc(C(=O)NC(CC(=O)O)C(=O)O)ccc1C(=O)O2.O=C(O)C(F)(F)F. The van der Waals surface area contributed by atoms with Gasteiger partial charge in [0, 0.05) is 11.1 Å². The van der Waals surface area contributed by atoms with Crippen LogP contribution in [-0.4, -0.2) is 63.2 Å². The number of rotatable bonds is 6. The van der Waals surface area contributed by atoms with Gasteiger partial charge in [-0.15, -0.1) is 0 Å². The van der Waals surface area contributed by atoms with Crippen molar-refractivity contribution >= 4 is 35.6 Å². The van der Waals surface area contributed by atoms with Crippen LogP contribution < -0.4 is 15.8 Å². The number of amides is 1. The Bertz CT molecular complexity index is 1340. The van der Waals surface area contributed by atoms with Gasteiger partial charge < -0.3 is 31.1 Å². The molecular formula is C25H24F3N3O9. The number of alkyl halides is 3. The Balaban J connectivity index is 0.000000708. The maximum atomic E-state index is 12.8. The summed E-state index contributed by atoms with van der Waals surface area (Å²) in [6, 6.07) is 7.64. The summed E-state index contributed by atoms with van der Waals surface area (Å²) in [6.45, 7) is 0. The van der Waals surface area contributed by atoms with E-state index < -0.39 is 48.4 Å².